The first-order chi connectivity index (χ1) is 11.6. The van der Waals surface area contributed by atoms with E-state index in [-0.39, 0.29) is 12.5 Å². The molecule has 0 aliphatic heterocycles. The number of aliphatic hydroxyl groups excluding tert-OH is 1. The molecule has 1 unspecified atom stereocenters. The van der Waals surface area contributed by atoms with E-state index in [0.29, 0.717) is 5.69 Å². The Labute approximate surface area is 141 Å². The van der Waals surface area contributed by atoms with Crippen LogP contribution in [0.4, 0.5) is 5.69 Å². The van der Waals surface area contributed by atoms with Crippen LogP contribution in [0, 0.1) is 5.92 Å². The summed E-state index contributed by atoms with van der Waals surface area (Å²) >= 11 is 0. The van der Waals surface area contributed by atoms with E-state index in [1.54, 1.807) is 6.07 Å². The maximum atomic E-state index is 12.0. The van der Waals surface area contributed by atoms with Gasteiger partial charge >= 0.3 is 11.8 Å². The molecule has 2 amide bonds. The highest BCUT2D eigenvalue weighted by Gasteiger charge is 2.24. The molecular weight excluding hydrogens is 304 g/mol. The third-order valence-electron chi connectivity index (χ3n) is 4.63. The van der Waals surface area contributed by atoms with Crippen LogP contribution in [0.2, 0.25) is 0 Å². The van der Waals surface area contributed by atoms with Crippen LogP contribution in [0.3, 0.4) is 0 Å². The molecule has 0 radical (unpaired) electrons. The molecule has 0 spiro atoms. The number of carbonyl (C=O) groups is 2. The van der Waals surface area contributed by atoms with Crippen molar-refractivity contribution in [1.29, 1.82) is 0 Å². The van der Waals surface area contributed by atoms with Crippen LogP contribution in [-0.4, -0.2) is 29.6 Å². The molecule has 1 atom stereocenters. The van der Waals surface area contributed by atoms with Gasteiger partial charge in [-0.15, -0.1) is 0 Å². The minimum atomic E-state index is -0.722. The summed E-state index contributed by atoms with van der Waals surface area (Å²) in [6.45, 7) is 0.120. The number of carbonyl (C=O) groups excluding carboxylic acids is 2. The van der Waals surface area contributed by atoms with Gasteiger partial charge in [-0.25, -0.2) is 0 Å². The lowest BCUT2D eigenvalue weighted by molar-refractivity contribution is -0.136. The van der Waals surface area contributed by atoms with Crippen LogP contribution >= 0.6 is 0 Å². The second-order valence-electron chi connectivity index (χ2n) is 6.34. The van der Waals surface area contributed by atoms with Crippen LogP contribution in [-0.2, 0) is 9.59 Å². The highest BCUT2D eigenvalue weighted by molar-refractivity contribution is 6.39. The molecule has 1 aliphatic carbocycles. The SMILES string of the molecule is O=C(NCC(O)C1CCCC1)C(=O)Nc1ccc2ccccc2c1. The van der Waals surface area contributed by atoms with Crippen molar-refractivity contribution >= 4 is 28.3 Å². The van der Waals surface area contributed by atoms with Crippen LogP contribution < -0.4 is 10.6 Å². The molecule has 24 heavy (non-hydrogen) atoms. The van der Waals surface area contributed by atoms with E-state index >= 15 is 0 Å². The summed E-state index contributed by atoms with van der Waals surface area (Å²) in [7, 11) is 0. The van der Waals surface area contributed by atoms with E-state index in [2.05, 4.69) is 10.6 Å². The van der Waals surface area contributed by atoms with E-state index in [4.69, 9.17) is 0 Å². The topological polar surface area (TPSA) is 78.4 Å². The van der Waals surface area contributed by atoms with E-state index in [1.807, 2.05) is 36.4 Å². The van der Waals surface area contributed by atoms with Crippen molar-refractivity contribution in [2.24, 2.45) is 5.92 Å². The van der Waals surface area contributed by atoms with Gasteiger partial charge in [0.15, 0.2) is 0 Å². The van der Waals surface area contributed by atoms with Gasteiger partial charge in [-0.3, -0.25) is 9.59 Å². The molecule has 0 aromatic heterocycles. The summed E-state index contributed by atoms with van der Waals surface area (Å²) in [6, 6.07) is 13.3. The molecule has 5 nitrogen and oxygen atoms in total. The highest BCUT2D eigenvalue weighted by Crippen LogP contribution is 2.27. The van der Waals surface area contributed by atoms with Gasteiger partial charge in [-0.05, 0) is 41.7 Å². The fourth-order valence-corrected chi connectivity index (χ4v) is 3.24. The van der Waals surface area contributed by atoms with Crippen molar-refractivity contribution in [2.75, 3.05) is 11.9 Å². The van der Waals surface area contributed by atoms with Crippen LogP contribution in [0.5, 0.6) is 0 Å². The van der Waals surface area contributed by atoms with E-state index in [0.717, 1.165) is 36.5 Å². The van der Waals surface area contributed by atoms with Gasteiger partial charge in [-0.1, -0.05) is 43.2 Å². The summed E-state index contributed by atoms with van der Waals surface area (Å²) < 4.78 is 0. The first-order valence-electron chi connectivity index (χ1n) is 8.39. The predicted molar refractivity (Wildman–Crippen MR) is 93.6 cm³/mol. The molecule has 0 saturated heterocycles. The molecule has 1 aliphatic rings. The largest absolute Gasteiger partial charge is 0.391 e. The third kappa shape index (κ3) is 3.92. The van der Waals surface area contributed by atoms with Crippen molar-refractivity contribution in [3.05, 3.63) is 42.5 Å². The lowest BCUT2D eigenvalue weighted by Crippen LogP contribution is -2.41. The van der Waals surface area contributed by atoms with Crippen molar-refractivity contribution in [2.45, 2.75) is 31.8 Å². The fourth-order valence-electron chi connectivity index (χ4n) is 3.24. The summed E-state index contributed by atoms with van der Waals surface area (Å²) in [5.41, 5.74) is 0.574. The van der Waals surface area contributed by atoms with Gasteiger partial charge in [0.25, 0.3) is 0 Å². The first kappa shape index (κ1) is 16.5. The first-order valence-corrected chi connectivity index (χ1v) is 8.39. The molecule has 1 fully saturated rings. The number of hydrogen-bond donors (Lipinski definition) is 3. The fraction of sp³-hybridized carbons (Fsp3) is 0.368. The van der Waals surface area contributed by atoms with Gasteiger partial charge in [-0.2, -0.15) is 0 Å². The Morgan fingerprint density at radius 1 is 1.04 bits per heavy atom. The average molecular weight is 326 g/mol. The Morgan fingerprint density at radius 3 is 2.50 bits per heavy atom. The molecular formula is C19H22N2O3. The van der Waals surface area contributed by atoms with Gasteiger partial charge < -0.3 is 15.7 Å². The number of hydrogen-bond acceptors (Lipinski definition) is 3. The molecule has 0 bridgehead atoms. The standard InChI is InChI=1S/C19H22N2O3/c22-17(14-6-2-3-7-14)12-20-18(23)19(24)21-16-10-9-13-5-1-4-8-15(13)11-16/h1,4-5,8-11,14,17,22H,2-3,6-7,12H2,(H,20,23)(H,21,24). The zero-order valence-corrected chi connectivity index (χ0v) is 13.5. The lowest BCUT2D eigenvalue weighted by Gasteiger charge is -2.17. The minimum Gasteiger partial charge on any atom is -0.391 e. The lowest BCUT2D eigenvalue weighted by atomic mass is 10.0. The van der Waals surface area contributed by atoms with Gasteiger partial charge in [0, 0.05) is 12.2 Å². The number of fused-ring (bicyclic) bond motifs is 1. The second-order valence-corrected chi connectivity index (χ2v) is 6.34. The number of benzene rings is 2. The molecule has 1 saturated carbocycles. The Balaban J connectivity index is 1.54. The maximum absolute atomic E-state index is 12.0. The highest BCUT2D eigenvalue weighted by atomic mass is 16.3. The molecule has 0 heterocycles. The molecule has 3 rings (SSSR count). The Hall–Kier alpha value is -2.40. The zero-order chi connectivity index (χ0) is 16.9. The number of amides is 2. The Kier molecular flexibility index (Phi) is 5.11. The monoisotopic (exact) mass is 326 g/mol. The maximum Gasteiger partial charge on any atom is 0.313 e. The third-order valence-corrected chi connectivity index (χ3v) is 4.63. The van der Waals surface area contributed by atoms with Crippen LogP contribution in [0.15, 0.2) is 42.5 Å². The molecule has 5 heteroatoms. The quantitative estimate of drug-likeness (QED) is 0.755. The minimum absolute atomic E-state index is 0.120. The summed E-state index contributed by atoms with van der Waals surface area (Å²) in [5.74, 6) is -1.21. The second kappa shape index (κ2) is 7.45. The van der Waals surface area contributed by atoms with Gasteiger partial charge in [0.1, 0.15) is 0 Å². The van der Waals surface area contributed by atoms with E-state index in [1.165, 1.54) is 0 Å². The van der Waals surface area contributed by atoms with Crippen molar-refractivity contribution in [3.8, 4) is 0 Å². The van der Waals surface area contributed by atoms with Crippen LogP contribution in [0.1, 0.15) is 25.7 Å². The molecule has 126 valence electrons. The Bertz CT molecular complexity index is 738. The normalized spacial score (nSPS) is 16.0. The summed E-state index contributed by atoms with van der Waals surface area (Å²) in [5, 5.41) is 17.2. The number of rotatable bonds is 4. The molecule has 3 N–H and O–H groups in total. The number of anilines is 1. The number of aliphatic hydroxyl groups is 1. The van der Waals surface area contributed by atoms with Crippen molar-refractivity contribution < 1.29 is 14.7 Å². The van der Waals surface area contributed by atoms with E-state index < -0.39 is 17.9 Å². The molecule has 2 aromatic rings. The summed E-state index contributed by atoms with van der Waals surface area (Å²) in [4.78, 5) is 23.9. The average Bonchev–Trinajstić information content (AvgIpc) is 3.14. The summed E-state index contributed by atoms with van der Waals surface area (Å²) in [6.07, 6.45) is 3.64. The predicted octanol–water partition coefficient (Wildman–Crippen LogP) is 2.45. The smallest absolute Gasteiger partial charge is 0.313 e. The van der Waals surface area contributed by atoms with Crippen molar-refractivity contribution in [1.82, 2.24) is 5.32 Å². The van der Waals surface area contributed by atoms with Gasteiger partial charge in [0.2, 0.25) is 0 Å². The zero-order valence-electron chi connectivity index (χ0n) is 13.5. The Morgan fingerprint density at radius 2 is 1.75 bits per heavy atom. The number of nitrogens with one attached hydrogen (secondary N) is 2. The molecule has 2 aromatic carbocycles. The van der Waals surface area contributed by atoms with Gasteiger partial charge in [0.05, 0.1) is 6.10 Å². The van der Waals surface area contributed by atoms with E-state index in [9.17, 15) is 14.7 Å². The van der Waals surface area contributed by atoms with Crippen molar-refractivity contribution in [3.63, 3.8) is 0 Å². The van der Waals surface area contributed by atoms with Crippen LogP contribution in [0.25, 0.3) is 10.8 Å².